The second kappa shape index (κ2) is 6.61. The minimum atomic E-state index is -0.356. The van der Waals surface area contributed by atoms with Crippen molar-refractivity contribution < 1.29 is 4.39 Å². The van der Waals surface area contributed by atoms with Crippen molar-refractivity contribution in [2.45, 2.75) is 6.54 Å². The molecule has 0 radical (unpaired) electrons. The predicted molar refractivity (Wildman–Crippen MR) is 72.1 cm³/mol. The van der Waals surface area contributed by atoms with Crippen molar-refractivity contribution >= 4 is 17.6 Å². The van der Waals surface area contributed by atoms with Gasteiger partial charge >= 0.3 is 0 Å². The lowest BCUT2D eigenvalue weighted by Crippen LogP contribution is -2.23. The van der Waals surface area contributed by atoms with Gasteiger partial charge in [0, 0.05) is 24.4 Å². The fourth-order valence-corrected chi connectivity index (χ4v) is 2.05. The van der Waals surface area contributed by atoms with Gasteiger partial charge in [-0.05, 0) is 31.0 Å². The Bertz CT molecular complexity index is 395. The minimum absolute atomic E-state index is 0.0854. The third kappa shape index (κ3) is 4.36. The average molecular weight is 255 g/mol. The minimum Gasteiger partial charge on any atom is -0.384 e. The van der Waals surface area contributed by atoms with Crippen molar-refractivity contribution in [1.82, 2.24) is 4.90 Å². The number of thioether (sulfide) groups is 1. The third-order valence-electron chi connectivity index (χ3n) is 2.48. The Morgan fingerprint density at radius 2 is 2.24 bits per heavy atom. The number of hydrogen-bond donors (Lipinski definition) is 2. The van der Waals surface area contributed by atoms with Gasteiger partial charge in [-0.1, -0.05) is 6.07 Å². The molecule has 0 unspecified atom stereocenters. The highest BCUT2D eigenvalue weighted by atomic mass is 32.2. The van der Waals surface area contributed by atoms with Crippen LogP contribution in [0.4, 0.5) is 4.39 Å². The molecule has 0 aliphatic rings. The van der Waals surface area contributed by atoms with Crippen molar-refractivity contribution in [3.8, 4) is 0 Å². The first kappa shape index (κ1) is 14.0. The smallest absolute Gasteiger partial charge is 0.123 e. The van der Waals surface area contributed by atoms with E-state index < -0.39 is 0 Å². The molecule has 17 heavy (non-hydrogen) atoms. The van der Waals surface area contributed by atoms with Crippen molar-refractivity contribution in [1.29, 1.82) is 5.41 Å². The zero-order valence-electron chi connectivity index (χ0n) is 10.2. The molecule has 0 saturated carbocycles. The summed E-state index contributed by atoms with van der Waals surface area (Å²) >= 11 is 1.78. The molecule has 0 amide bonds. The Balaban J connectivity index is 2.79. The lowest BCUT2D eigenvalue weighted by atomic mass is 10.1. The van der Waals surface area contributed by atoms with Crippen LogP contribution in [0, 0.1) is 11.2 Å². The summed E-state index contributed by atoms with van der Waals surface area (Å²) < 4.78 is 13.1. The number of benzene rings is 1. The SMILES string of the molecule is CSCCN(C)Cc1ccc(F)cc1C(=N)N. The molecule has 0 bridgehead atoms. The van der Waals surface area contributed by atoms with Crippen LogP contribution in [0.25, 0.3) is 0 Å². The number of nitrogens with one attached hydrogen (secondary N) is 1. The quantitative estimate of drug-likeness (QED) is 0.603. The van der Waals surface area contributed by atoms with E-state index in [0.717, 1.165) is 17.9 Å². The summed E-state index contributed by atoms with van der Waals surface area (Å²) in [6.45, 7) is 1.63. The topological polar surface area (TPSA) is 53.1 Å². The van der Waals surface area contributed by atoms with Gasteiger partial charge in [0.05, 0.1) is 0 Å². The van der Waals surface area contributed by atoms with Gasteiger partial charge in [0.25, 0.3) is 0 Å². The molecule has 0 fully saturated rings. The molecule has 0 heterocycles. The Labute approximate surface area is 106 Å². The van der Waals surface area contributed by atoms with Gasteiger partial charge in [0.2, 0.25) is 0 Å². The Kier molecular flexibility index (Phi) is 5.44. The Morgan fingerprint density at radius 1 is 1.53 bits per heavy atom. The van der Waals surface area contributed by atoms with E-state index in [9.17, 15) is 4.39 Å². The van der Waals surface area contributed by atoms with E-state index in [2.05, 4.69) is 11.2 Å². The van der Waals surface area contributed by atoms with Crippen LogP contribution in [0.2, 0.25) is 0 Å². The van der Waals surface area contributed by atoms with Crippen LogP contribution < -0.4 is 5.73 Å². The van der Waals surface area contributed by atoms with Crippen LogP contribution in [-0.2, 0) is 6.54 Å². The number of rotatable bonds is 6. The van der Waals surface area contributed by atoms with E-state index in [1.807, 2.05) is 7.05 Å². The number of nitrogens with two attached hydrogens (primary N) is 1. The second-order valence-corrected chi connectivity index (χ2v) is 4.93. The molecule has 1 aromatic rings. The van der Waals surface area contributed by atoms with Gasteiger partial charge in [0.1, 0.15) is 11.7 Å². The monoisotopic (exact) mass is 255 g/mol. The highest BCUT2D eigenvalue weighted by Gasteiger charge is 2.09. The van der Waals surface area contributed by atoms with Crippen LogP contribution in [0.15, 0.2) is 18.2 Å². The highest BCUT2D eigenvalue weighted by Crippen LogP contribution is 2.13. The van der Waals surface area contributed by atoms with E-state index in [-0.39, 0.29) is 11.7 Å². The highest BCUT2D eigenvalue weighted by molar-refractivity contribution is 7.98. The summed E-state index contributed by atoms with van der Waals surface area (Å²) in [5.74, 6) is 0.607. The molecule has 0 spiro atoms. The van der Waals surface area contributed by atoms with Gasteiger partial charge in [-0.3, -0.25) is 5.41 Å². The fraction of sp³-hybridized carbons (Fsp3) is 0.417. The summed E-state index contributed by atoms with van der Waals surface area (Å²) in [4.78, 5) is 2.14. The van der Waals surface area contributed by atoms with Gasteiger partial charge in [-0.25, -0.2) is 4.39 Å². The fourth-order valence-electron chi connectivity index (χ4n) is 1.55. The molecule has 0 saturated heterocycles. The molecular formula is C12H18FN3S. The first-order valence-electron chi connectivity index (χ1n) is 5.35. The van der Waals surface area contributed by atoms with Gasteiger partial charge in [0.15, 0.2) is 0 Å². The lowest BCUT2D eigenvalue weighted by molar-refractivity contribution is 0.348. The van der Waals surface area contributed by atoms with E-state index in [1.165, 1.54) is 12.1 Å². The summed E-state index contributed by atoms with van der Waals surface area (Å²) in [5, 5.41) is 7.44. The van der Waals surface area contributed by atoms with Crippen LogP contribution in [0.1, 0.15) is 11.1 Å². The molecule has 1 aromatic carbocycles. The van der Waals surface area contributed by atoms with Gasteiger partial charge < -0.3 is 10.6 Å². The molecule has 3 N–H and O–H groups in total. The maximum absolute atomic E-state index is 13.1. The van der Waals surface area contributed by atoms with Crippen molar-refractivity contribution in [3.63, 3.8) is 0 Å². The molecule has 5 heteroatoms. The van der Waals surface area contributed by atoms with Crippen molar-refractivity contribution in [3.05, 3.63) is 35.1 Å². The molecule has 3 nitrogen and oxygen atoms in total. The summed E-state index contributed by atoms with van der Waals surface area (Å²) in [6, 6.07) is 4.42. The van der Waals surface area contributed by atoms with E-state index in [1.54, 1.807) is 17.8 Å². The largest absolute Gasteiger partial charge is 0.384 e. The first-order valence-corrected chi connectivity index (χ1v) is 6.74. The molecular weight excluding hydrogens is 237 g/mol. The predicted octanol–water partition coefficient (Wildman–Crippen LogP) is 1.90. The molecule has 0 aliphatic heterocycles. The number of nitrogen functional groups attached to an aromatic ring is 1. The van der Waals surface area contributed by atoms with E-state index >= 15 is 0 Å². The molecule has 94 valence electrons. The third-order valence-corrected chi connectivity index (χ3v) is 3.07. The van der Waals surface area contributed by atoms with Gasteiger partial charge in [-0.2, -0.15) is 11.8 Å². The number of halogens is 1. The molecule has 1 rings (SSSR count). The van der Waals surface area contributed by atoms with Crippen LogP contribution in [0.5, 0.6) is 0 Å². The zero-order chi connectivity index (χ0) is 12.8. The second-order valence-electron chi connectivity index (χ2n) is 3.95. The van der Waals surface area contributed by atoms with E-state index in [0.29, 0.717) is 12.1 Å². The molecule has 0 aliphatic carbocycles. The number of nitrogens with zero attached hydrogens (tertiary/aromatic N) is 1. The zero-order valence-corrected chi connectivity index (χ0v) is 11.0. The summed E-state index contributed by atoms with van der Waals surface area (Å²) in [7, 11) is 2.00. The van der Waals surface area contributed by atoms with Crippen LogP contribution in [0.3, 0.4) is 0 Å². The normalized spacial score (nSPS) is 10.8. The number of hydrogen-bond acceptors (Lipinski definition) is 3. The standard InChI is InChI=1S/C12H18FN3S/c1-16(5-6-17-2)8-9-3-4-10(13)7-11(9)12(14)15/h3-4,7H,5-6,8H2,1-2H3,(H3,14,15). The maximum atomic E-state index is 13.1. The van der Waals surface area contributed by atoms with Crippen LogP contribution in [-0.4, -0.2) is 36.3 Å². The van der Waals surface area contributed by atoms with E-state index in [4.69, 9.17) is 11.1 Å². The maximum Gasteiger partial charge on any atom is 0.123 e. The Hall–Kier alpha value is -1.07. The van der Waals surface area contributed by atoms with Gasteiger partial charge in [-0.15, -0.1) is 0 Å². The summed E-state index contributed by atoms with van der Waals surface area (Å²) in [6.07, 6.45) is 2.06. The average Bonchev–Trinajstić information content (AvgIpc) is 2.28. The lowest BCUT2D eigenvalue weighted by Gasteiger charge is -2.18. The first-order chi connectivity index (χ1) is 8.04. The Morgan fingerprint density at radius 3 is 2.82 bits per heavy atom. The molecule has 0 aromatic heterocycles. The molecule has 0 atom stereocenters. The van der Waals surface area contributed by atoms with Crippen molar-refractivity contribution in [2.24, 2.45) is 5.73 Å². The number of amidine groups is 1. The van der Waals surface area contributed by atoms with Crippen LogP contribution >= 0.6 is 11.8 Å². The van der Waals surface area contributed by atoms with Crippen molar-refractivity contribution in [2.75, 3.05) is 25.6 Å². The summed E-state index contributed by atoms with van der Waals surface area (Å²) in [5.41, 5.74) is 6.83.